The number of carbonyl (C=O) groups is 2. The first-order valence-electron chi connectivity index (χ1n) is 7.86. The topological polar surface area (TPSA) is 78.0 Å². The van der Waals surface area contributed by atoms with E-state index in [1.54, 1.807) is 24.3 Å². The summed E-state index contributed by atoms with van der Waals surface area (Å²) in [6.07, 6.45) is 1.50. The van der Waals surface area contributed by atoms with Crippen LogP contribution in [0.4, 0.5) is 5.82 Å². The lowest BCUT2D eigenvalue weighted by Crippen LogP contribution is -2.36. The van der Waals surface area contributed by atoms with E-state index in [2.05, 4.69) is 14.6 Å². The maximum atomic E-state index is 12.2. The molecule has 1 saturated heterocycles. The second-order valence-corrected chi connectivity index (χ2v) is 5.41. The van der Waals surface area contributed by atoms with Crippen LogP contribution in [0.15, 0.2) is 42.6 Å². The molecule has 7 nitrogen and oxygen atoms in total. The third kappa shape index (κ3) is 4.13. The van der Waals surface area contributed by atoms with E-state index < -0.39 is 11.9 Å². The Bertz CT molecular complexity index is 737. The van der Waals surface area contributed by atoms with Gasteiger partial charge in [0.15, 0.2) is 0 Å². The molecule has 130 valence electrons. The highest BCUT2D eigenvalue weighted by Gasteiger charge is 2.14. The molecule has 3 rings (SSSR count). The number of aromatic nitrogens is 1. The number of pyridine rings is 1. The number of rotatable bonds is 4. The van der Waals surface area contributed by atoms with Crippen LogP contribution >= 0.6 is 0 Å². The van der Waals surface area contributed by atoms with Crippen molar-refractivity contribution in [3.63, 3.8) is 0 Å². The molecule has 0 radical (unpaired) electrons. The molecule has 2 aromatic rings. The number of benzene rings is 1. The fraction of sp³-hybridized carbons (Fsp3) is 0.278. The van der Waals surface area contributed by atoms with Crippen LogP contribution in [-0.4, -0.2) is 50.3 Å². The summed E-state index contributed by atoms with van der Waals surface area (Å²) in [4.78, 5) is 30.0. The first-order valence-corrected chi connectivity index (χ1v) is 7.86. The molecule has 0 unspecified atom stereocenters. The van der Waals surface area contributed by atoms with E-state index in [0.29, 0.717) is 30.1 Å². The van der Waals surface area contributed by atoms with Gasteiger partial charge >= 0.3 is 11.9 Å². The molecule has 1 aliphatic rings. The maximum Gasteiger partial charge on any atom is 0.345 e. The van der Waals surface area contributed by atoms with Crippen LogP contribution < -0.4 is 9.64 Å². The number of nitrogens with zero attached hydrogens (tertiary/aromatic N) is 2. The van der Waals surface area contributed by atoms with Crippen molar-refractivity contribution in [2.45, 2.75) is 0 Å². The highest BCUT2D eigenvalue weighted by Crippen LogP contribution is 2.17. The quantitative estimate of drug-likeness (QED) is 0.620. The number of hydrogen-bond donors (Lipinski definition) is 0. The minimum atomic E-state index is -0.508. The average Bonchev–Trinajstić information content (AvgIpc) is 2.68. The van der Waals surface area contributed by atoms with Crippen LogP contribution in [0.2, 0.25) is 0 Å². The number of morpholine rings is 1. The molecule has 1 aromatic carbocycles. The summed E-state index contributed by atoms with van der Waals surface area (Å²) in [5, 5.41) is 0. The SMILES string of the molecule is COC(=O)c1ccc(OC(=O)c2ccc(N3CCOCC3)nc2)cc1. The van der Waals surface area contributed by atoms with Crippen LogP contribution in [0.25, 0.3) is 0 Å². The van der Waals surface area contributed by atoms with Gasteiger partial charge in [-0.15, -0.1) is 0 Å². The van der Waals surface area contributed by atoms with Gasteiger partial charge in [-0.2, -0.15) is 0 Å². The van der Waals surface area contributed by atoms with E-state index in [9.17, 15) is 9.59 Å². The summed E-state index contributed by atoms with van der Waals surface area (Å²) < 4.78 is 15.2. The van der Waals surface area contributed by atoms with Gasteiger partial charge in [-0.3, -0.25) is 0 Å². The smallest absolute Gasteiger partial charge is 0.345 e. The second-order valence-electron chi connectivity index (χ2n) is 5.41. The highest BCUT2D eigenvalue weighted by molar-refractivity contribution is 5.91. The summed E-state index contributed by atoms with van der Waals surface area (Å²) in [5.41, 5.74) is 0.743. The third-order valence-corrected chi connectivity index (χ3v) is 3.80. The standard InChI is InChI=1S/C18H18N2O5/c1-23-17(21)13-2-5-15(6-3-13)25-18(22)14-4-7-16(19-12-14)20-8-10-24-11-9-20/h2-7,12H,8-11H2,1H3. The summed E-state index contributed by atoms with van der Waals surface area (Å²) in [6.45, 7) is 2.91. The fourth-order valence-corrected chi connectivity index (χ4v) is 2.43. The summed E-state index contributed by atoms with van der Waals surface area (Å²) in [5.74, 6) is 0.199. The van der Waals surface area contributed by atoms with Crippen LogP contribution in [0.3, 0.4) is 0 Å². The zero-order valence-electron chi connectivity index (χ0n) is 13.8. The van der Waals surface area contributed by atoms with Gasteiger partial charge in [-0.1, -0.05) is 0 Å². The van der Waals surface area contributed by atoms with Crippen molar-refractivity contribution >= 4 is 17.8 Å². The monoisotopic (exact) mass is 342 g/mol. The molecule has 0 atom stereocenters. The largest absolute Gasteiger partial charge is 0.465 e. The maximum absolute atomic E-state index is 12.2. The van der Waals surface area contributed by atoms with Crippen molar-refractivity contribution in [1.82, 2.24) is 4.98 Å². The molecule has 0 aliphatic carbocycles. The molecule has 7 heteroatoms. The molecular weight excluding hydrogens is 324 g/mol. The summed E-state index contributed by atoms with van der Waals surface area (Å²) in [7, 11) is 1.31. The Balaban J connectivity index is 1.63. The first-order chi connectivity index (χ1) is 12.2. The van der Waals surface area contributed by atoms with Gasteiger partial charge in [0.2, 0.25) is 0 Å². The zero-order chi connectivity index (χ0) is 17.6. The zero-order valence-corrected chi connectivity index (χ0v) is 13.8. The molecule has 0 saturated carbocycles. The number of methoxy groups -OCH3 is 1. The molecule has 0 amide bonds. The van der Waals surface area contributed by atoms with Crippen molar-refractivity contribution < 1.29 is 23.8 Å². The Morgan fingerprint density at radius 1 is 1.00 bits per heavy atom. The van der Waals surface area contributed by atoms with Crippen LogP contribution in [0, 0.1) is 0 Å². The van der Waals surface area contributed by atoms with Crippen molar-refractivity contribution in [2.24, 2.45) is 0 Å². The number of anilines is 1. The number of esters is 2. The number of ether oxygens (including phenoxy) is 3. The van der Waals surface area contributed by atoms with Crippen LogP contribution in [0.5, 0.6) is 5.75 Å². The Hall–Kier alpha value is -2.93. The van der Waals surface area contributed by atoms with E-state index in [0.717, 1.165) is 18.9 Å². The minimum absolute atomic E-state index is 0.343. The van der Waals surface area contributed by atoms with Gasteiger partial charge in [0, 0.05) is 19.3 Å². The molecular formula is C18H18N2O5. The Morgan fingerprint density at radius 2 is 1.68 bits per heavy atom. The minimum Gasteiger partial charge on any atom is -0.465 e. The van der Waals surface area contributed by atoms with Gasteiger partial charge in [0.25, 0.3) is 0 Å². The molecule has 25 heavy (non-hydrogen) atoms. The lowest BCUT2D eigenvalue weighted by molar-refractivity contribution is 0.0600. The average molecular weight is 342 g/mol. The molecule has 1 fully saturated rings. The van der Waals surface area contributed by atoms with E-state index in [1.165, 1.54) is 25.4 Å². The summed E-state index contributed by atoms with van der Waals surface area (Å²) in [6, 6.07) is 9.63. The van der Waals surface area contributed by atoms with Crippen LogP contribution in [0.1, 0.15) is 20.7 Å². The van der Waals surface area contributed by atoms with Crippen molar-refractivity contribution in [2.75, 3.05) is 38.3 Å². The van der Waals surface area contributed by atoms with E-state index in [-0.39, 0.29) is 0 Å². The van der Waals surface area contributed by atoms with E-state index in [1.807, 2.05) is 0 Å². The van der Waals surface area contributed by atoms with Gasteiger partial charge in [0.1, 0.15) is 11.6 Å². The lowest BCUT2D eigenvalue weighted by atomic mass is 10.2. The van der Waals surface area contributed by atoms with Gasteiger partial charge in [0.05, 0.1) is 31.5 Å². The molecule has 0 N–H and O–H groups in total. The lowest BCUT2D eigenvalue weighted by Gasteiger charge is -2.27. The molecule has 2 heterocycles. The Kier molecular flexibility index (Phi) is 5.25. The van der Waals surface area contributed by atoms with Gasteiger partial charge in [-0.05, 0) is 36.4 Å². The second kappa shape index (κ2) is 7.76. The number of hydrogen-bond acceptors (Lipinski definition) is 7. The fourth-order valence-electron chi connectivity index (χ4n) is 2.43. The Labute approximate surface area is 145 Å². The number of carbonyl (C=O) groups excluding carboxylic acids is 2. The predicted octanol–water partition coefficient (Wildman–Crippen LogP) is 1.92. The van der Waals surface area contributed by atoms with Crippen molar-refractivity contribution in [3.8, 4) is 5.75 Å². The van der Waals surface area contributed by atoms with Gasteiger partial charge < -0.3 is 19.1 Å². The normalized spacial score (nSPS) is 14.0. The highest BCUT2D eigenvalue weighted by atomic mass is 16.5. The van der Waals surface area contributed by atoms with E-state index >= 15 is 0 Å². The van der Waals surface area contributed by atoms with Crippen LogP contribution in [-0.2, 0) is 9.47 Å². The molecule has 1 aliphatic heterocycles. The predicted molar refractivity (Wildman–Crippen MR) is 90.0 cm³/mol. The Morgan fingerprint density at radius 3 is 2.28 bits per heavy atom. The molecule has 0 spiro atoms. The van der Waals surface area contributed by atoms with Crippen molar-refractivity contribution in [3.05, 3.63) is 53.7 Å². The van der Waals surface area contributed by atoms with Gasteiger partial charge in [-0.25, -0.2) is 14.6 Å². The summed E-state index contributed by atoms with van der Waals surface area (Å²) >= 11 is 0. The first kappa shape index (κ1) is 16.9. The third-order valence-electron chi connectivity index (χ3n) is 3.80. The van der Waals surface area contributed by atoms with Crippen molar-refractivity contribution in [1.29, 1.82) is 0 Å². The molecule has 1 aromatic heterocycles. The van der Waals surface area contributed by atoms with E-state index in [4.69, 9.17) is 9.47 Å². The molecule has 0 bridgehead atoms.